The average molecular weight is 484 g/mol. The highest BCUT2D eigenvalue weighted by atomic mass is 32.1. The topological polar surface area (TPSA) is 98.2 Å². The summed E-state index contributed by atoms with van der Waals surface area (Å²) in [4.78, 5) is 53.7. The molecule has 34 heavy (non-hydrogen) atoms. The Morgan fingerprint density at radius 3 is 2.50 bits per heavy atom. The molecule has 0 bridgehead atoms. The first-order chi connectivity index (χ1) is 16.1. The van der Waals surface area contributed by atoms with Gasteiger partial charge in [-0.3, -0.25) is 9.59 Å². The Labute approximate surface area is 195 Å². The number of nitrogens with one attached hydrogen (secondary N) is 1. The number of ketones is 1. The molecule has 2 heterocycles. The van der Waals surface area contributed by atoms with Gasteiger partial charge in [-0.1, -0.05) is 12.1 Å². The molecule has 0 spiro atoms. The summed E-state index contributed by atoms with van der Waals surface area (Å²) in [5.74, 6) is -2.70. The van der Waals surface area contributed by atoms with Crippen LogP contribution >= 0.6 is 11.3 Å². The van der Waals surface area contributed by atoms with Crippen LogP contribution in [-0.2, 0) is 10.2 Å². The summed E-state index contributed by atoms with van der Waals surface area (Å²) < 4.78 is 33.8. The lowest BCUT2D eigenvalue weighted by Gasteiger charge is -2.24. The number of hydrogen-bond acceptors (Lipinski definition) is 6. The zero-order valence-corrected chi connectivity index (χ0v) is 19.1. The van der Waals surface area contributed by atoms with Gasteiger partial charge in [-0.05, 0) is 49.7 Å². The molecule has 1 N–H and O–H groups in total. The number of hydrogen-bond donors (Lipinski definition) is 1. The van der Waals surface area contributed by atoms with Crippen molar-refractivity contribution >= 4 is 34.0 Å². The van der Waals surface area contributed by atoms with Crippen molar-refractivity contribution in [1.82, 2.24) is 9.55 Å². The van der Waals surface area contributed by atoms with Crippen molar-refractivity contribution in [1.29, 1.82) is 0 Å². The van der Waals surface area contributed by atoms with E-state index in [2.05, 4.69) is 9.72 Å². The van der Waals surface area contributed by atoms with E-state index in [1.807, 2.05) is 0 Å². The summed E-state index contributed by atoms with van der Waals surface area (Å²) in [6.45, 7) is 3.18. The number of Topliss-reactive ketones (excluding diaryl/α,β-unsaturated/α-hetero) is 1. The predicted octanol–water partition coefficient (Wildman–Crippen LogP) is 3.97. The molecule has 4 rings (SSSR count). The number of rotatable bonds is 5. The summed E-state index contributed by atoms with van der Waals surface area (Å²) in [5, 5.41) is 1.28. The molecular formula is C24H18F2N2O5S. The number of aromatic nitrogens is 2. The van der Waals surface area contributed by atoms with Gasteiger partial charge in [0, 0.05) is 10.9 Å². The Morgan fingerprint density at radius 1 is 1.09 bits per heavy atom. The fourth-order valence-electron chi connectivity index (χ4n) is 3.69. The molecule has 0 atom stereocenters. The van der Waals surface area contributed by atoms with Gasteiger partial charge in [0.2, 0.25) is 0 Å². The lowest BCUT2D eigenvalue weighted by molar-refractivity contribution is 0.0608. The van der Waals surface area contributed by atoms with E-state index >= 15 is 0 Å². The monoisotopic (exact) mass is 484 g/mol. The van der Waals surface area contributed by atoms with E-state index in [0.717, 1.165) is 30.6 Å². The highest BCUT2D eigenvalue weighted by molar-refractivity contribution is 7.13. The maximum atomic E-state index is 14.8. The number of thiophene rings is 1. The second-order valence-electron chi connectivity index (χ2n) is 8.05. The van der Waals surface area contributed by atoms with Gasteiger partial charge in [-0.15, -0.1) is 11.3 Å². The third-order valence-electron chi connectivity index (χ3n) is 5.59. The molecule has 2 aromatic carbocycles. The van der Waals surface area contributed by atoms with Crippen molar-refractivity contribution in [3.63, 3.8) is 0 Å². The van der Waals surface area contributed by atoms with Crippen LogP contribution in [0.15, 0.2) is 57.4 Å². The lowest BCUT2D eigenvalue weighted by Crippen LogP contribution is -2.35. The zero-order chi connectivity index (χ0) is 24.8. The van der Waals surface area contributed by atoms with Crippen LogP contribution in [0.5, 0.6) is 0 Å². The highest BCUT2D eigenvalue weighted by Crippen LogP contribution is 2.29. The average Bonchev–Trinajstić information content (AvgIpc) is 3.23. The largest absolute Gasteiger partial charge is 0.465 e. The van der Waals surface area contributed by atoms with Gasteiger partial charge in [0.05, 0.1) is 29.1 Å². The van der Waals surface area contributed by atoms with Gasteiger partial charge in [-0.2, -0.15) is 0 Å². The molecule has 0 aliphatic rings. The van der Waals surface area contributed by atoms with E-state index in [4.69, 9.17) is 0 Å². The number of aromatic amines is 1. The van der Waals surface area contributed by atoms with E-state index < -0.39 is 45.7 Å². The molecule has 0 aliphatic heterocycles. The highest BCUT2D eigenvalue weighted by Gasteiger charge is 2.32. The Bertz CT molecular complexity index is 1580. The van der Waals surface area contributed by atoms with Crippen molar-refractivity contribution in [2.45, 2.75) is 19.3 Å². The Hall–Kier alpha value is -3.92. The van der Waals surface area contributed by atoms with Gasteiger partial charge in [0.15, 0.2) is 5.78 Å². The minimum absolute atomic E-state index is 0.00979. The minimum atomic E-state index is -1.19. The molecule has 0 fully saturated rings. The number of fused-ring (bicyclic) bond motifs is 1. The molecule has 0 saturated heterocycles. The molecule has 0 unspecified atom stereocenters. The van der Waals surface area contributed by atoms with Crippen molar-refractivity contribution < 1.29 is 23.1 Å². The number of carbonyl (C=O) groups is 2. The zero-order valence-electron chi connectivity index (χ0n) is 18.3. The molecule has 174 valence electrons. The van der Waals surface area contributed by atoms with Crippen LogP contribution in [0.2, 0.25) is 0 Å². The van der Waals surface area contributed by atoms with Crippen LogP contribution in [0, 0.1) is 11.6 Å². The molecule has 2 aromatic heterocycles. The molecule has 0 aliphatic carbocycles. The van der Waals surface area contributed by atoms with E-state index in [1.54, 1.807) is 19.9 Å². The summed E-state index contributed by atoms with van der Waals surface area (Å²) in [6.07, 6.45) is 0. The number of ether oxygens (including phenoxy) is 1. The molecule has 0 radical (unpaired) electrons. The van der Waals surface area contributed by atoms with Crippen molar-refractivity contribution in [3.05, 3.63) is 96.3 Å². The van der Waals surface area contributed by atoms with Crippen LogP contribution < -0.4 is 11.2 Å². The number of esters is 1. The van der Waals surface area contributed by atoms with Crippen LogP contribution in [0.25, 0.3) is 16.6 Å². The van der Waals surface area contributed by atoms with E-state index in [0.29, 0.717) is 10.1 Å². The van der Waals surface area contributed by atoms with E-state index in [9.17, 15) is 28.0 Å². The molecule has 0 saturated carbocycles. The Kier molecular flexibility index (Phi) is 5.78. The van der Waals surface area contributed by atoms with Crippen LogP contribution in [-0.4, -0.2) is 28.4 Å². The number of carbonyl (C=O) groups excluding carboxylic acids is 2. The first-order valence-corrected chi connectivity index (χ1v) is 10.9. The SMILES string of the molecule is COC(=O)c1scc2[nH]c(=O)n(-c3cc(C(=O)C(C)(C)c4cccc(F)c4)ccc3F)c(=O)c12. The van der Waals surface area contributed by atoms with Gasteiger partial charge in [0.25, 0.3) is 5.56 Å². The maximum Gasteiger partial charge on any atom is 0.348 e. The van der Waals surface area contributed by atoms with E-state index in [1.165, 1.54) is 29.6 Å². The first kappa shape index (κ1) is 23.2. The maximum absolute atomic E-state index is 14.8. The normalized spacial score (nSPS) is 11.6. The molecule has 10 heteroatoms. The fraction of sp³-hybridized carbons (Fsp3) is 0.167. The smallest absolute Gasteiger partial charge is 0.348 e. The number of nitrogens with zero attached hydrogens (tertiary/aromatic N) is 1. The van der Waals surface area contributed by atoms with Crippen LogP contribution in [0.1, 0.15) is 39.4 Å². The number of methoxy groups -OCH3 is 1. The standard InChI is InChI=1S/C24H18F2N2O5S/c1-24(2,13-5-4-6-14(25)10-13)20(29)12-7-8-15(26)17(9-12)28-21(30)18-16(27-23(28)32)11-34-19(18)22(31)33-3/h4-11H,1-3H3,(H,27,32). The van der Waals surface area contributed by atoms with Gasteiger partial charge >= 0.3 is 11.7 Å². The summed E-state index contributed by atoms with van der Waals surface area (Å²) in [5.41, 5.74) is -3.01. The van der Waals surface area contributed by atoms with Crippen LogP contribution in [0.3, 0.4) is 0 Å². The summed E-state index contributed by atoms with van der Waals surface area (Å²) in [6, 6.07) is 8.84. The van der Waals surface area contributed by atoms with Gasteiger partial charge < -0.3 is 9.72 Å². The molecule has 0 amide bonds. The second-order valence-corrected chi connectivity index (χ2v) is 8.93. The lowest BCUT2D eigenvalue weighted by atomic mass is 9.78. The fourth-order valence-corrected chi connectivity index (χ4v) is 4.60. The Morgan fingerprint density at radius 2 is 1.82 bits per heavy atom. The van der Waals surface area contributed by atoms with Gasteiger partial charge in [-0.25, -0.2) is 22.9 Å². The molecular weight excluding hydrogens is 466 g/mol. The number of benzene rings is 2. The molecule has 4 aromatic rings. The summed E-state index contributed by atoms with van der Waals surface area (Å²) in [7, 11) is 1.15. The first-order valence-electron chi connectivity index (χ1n) is 10.0. The second kappa shape index (κ2) is 8.45. The van der Waals surface area contributed by atoms with E-state index in [-0.39, 0.29) is 21.3 Å². The number of H-pyrrole nitrogens is 1. The van der Waals surface area contributed by atoms with Crippen molar-refractivity contribution in [2.24, 2.45) is 0 Å². The molecule has 7 nitrogen and oxygen atoms in total. The van der Waals surface area contributed by atoms with Crippen molar-refractivity contribution in [3.8, 4) is 5.69 Å². The quantitative estimate of drug-likeness (QED) is 0.342. The third kappa shape index (κ3) is 3.75. The van der Waals surface area contributed by atoms with Gasteiger partial charge in [0.1, 0.15) is 16.5 Å². The third-order valence-corrected chi connectivity index (χ3v) is 6.55. The predicted molar refractivity (Wildman–Crippen MR) is 123 cm³/mol. The minimum Gasteiger partial charge on any atom is -0.465 e. The summed E-state index contributed by atoms with van der Waals surface area (Å²) >= 11 is 0.900. The van der Waals surface area contributed by atoms with Crippen molar-refractivity contribution in [2.75, 3.05) is 7.11 Å². The van der Waals surface area contributed by atoms with Crippen LogP contribution in [0.4, 0.5) is 8.78 Å². The number of halogens is 2. The Balaban J connectivity index is 1.90.